The second kappa shape index (κ2) is 4.35. The largest absolute Gasteiger partial charge is 0.390 e. The SMILES string of the molecule is CC1(C)OC[C@@H](O)[C@H]([C@H](O)CC=O)O1. The summed E-state index contributed by atoms with van der Waals surface area (Å²) >= 11 is 0. The first-order valence-electron chi connectivity index (χ1n) is 4.58. The summed E-state index contributed by atoms with van der Waals surface area (Å²) in [5.41, 5.74) is 0. The van der Waals surface area contributed by atoms with E-state index in [1.54, 1.807) is 13.8 Å². The van der Waals surface area contributed by atoms with Crippen molar-refractivity contribution in [3.63, 3.8) is 0 Å². The Labute approximate surface area is 82.6 Å². The molecule has 14 heavy (non-hydrogen) atoms. The van der Waals surface area contributed by atoms with Gasteiger partial charge in [0, 0.05) is 6.42 Å². The molecule has 1 aliphatic rings. The number of aliphatic hydroxyl groups excluding tert-OH is 2. The lowest BCUT2D eigenvalue weighted by atomic mass is 10.0. The van der Waals surface area contributed by atoms with Crippen LogP contribution >= 0.6 is 0 Å². The Hall–Kier alpha value is -0.490. The maximum absolute atomic E-state index is 10.2. The summed E-state index contributed by atoms with van der Waals surface area (Å²) in [5.74, 6) is -0.826. The predicted octanol–water partition coefficient (Wildman–Crippen LogP) is -0.551. The molecule has 0 bridgehead atoms. The number of hydrogen-bond acceptors (Lipinski definition) is 5. The summed E-state index contributed by atoms with van der Waals surface area (Å²) < 4.78 is 10.5. The molecule has 0 aromatic rings. The lowest BCUT2D eigenvalue weighted by Crippen LogP contribution is -2.53. The number of hydrogen-bond donors (Lipinski definition) is 2. The van der Waals surface area contributed by atoms with Crippen LogP contribution in [-0.2, 0) is 14.3 Å². The molecule has 0 spiro atoms. The lowest BCUT2D eigenvalue weighted by molar-refractivity contribution is -0.318. The monoisotopic (exact) mass is 204 g/mol. The van der Waals surface area contributed by atoms with E-state index in [0.29, 0.717) is 6.29 Å². The van der Waals surface area contributed by atoms with Gasteiger partial charge < -0.3 is 24.5 Å². The summed E-state index contributed by atoms with van der Waals surface area (Å²) in [5, 5.41) is 19.0. The van der Waals surface area contributed by atoms with Crippen molar-refractivity contribution >= 4 is 6.29 Å². The van der Waals surface area contributed by atoms with E-state index in [1.165, 1.54) is 0 Å². The first kappa shape index (κ1) is 11.6. The molecule has 3 atom stereocenters. The van der Waals surface area contributed by atoms with Crippen LogP contribution in [-0.4, -0.2) is 47.2 Å². The zero-order valence-electron chi connectivity index (χ0n) is 8.34. The van der Waals surface area contributed by atoms with Gasteiger partial charge in [-0.15, -0.1) is 0 Å². The molecule has 1 rings (SSSR count). The molecular weight excluding hydrogens is 188 g/mol. The van der Waals surface area contributed by atoms with Crippen molar-refractivity contribution in [3.8, 4) is 0 Å². The Morgan fingerprint density at radius 3 is 2.86 bits per heavy atom. The maximum Gasteiger partial charge on any atom is 0.163 e. The van der Waals surface area contributed by atoms with E-state index >= 15 is 0 Å². The van der Waals surface area contributed by atoms with E-state index in [9.17, 15) is 15.0 Å². The summed E-state index contributed by atoms with van der Waals surface area (Å²) in [7, 11) is 0. The number of carbonyl (C=O) groups excluding carboxylic acids is 1. The van der Waals surface area contributed by atoms with Gasteiger partial charge in [-0.1, -0.05) is 0 Å². The zero-order valence-corrected chi connectivity index (χ0v) is 8.34. The highest BCUT2D eigenvalue weighted by atomic mass is 16.7. The van der Waals surface area contributed by atoms with Gasteiger partial charge in [-0.3, -0.25) is 0 Å². The van der Waals surface area contributed by atoms with E-state index in [4.69, 9.17) is 9.47 Å². The first-order chi connectivity index (χ1) is 6.46. The van der Waals surface area contributed by atoms with Gasteiger partial charge in [0.25, 0.3) is 0 Å². The molecule has 0 saturated carbocycles. The third-order valence-electron chi connectivity index (χ3n) is 2.12. The molecule has 82 valence electrons. The molecule has 5 nitrogen and oxygen atoms in total. The van der Waals surface area contributed by atoms with Crippen molar-refractivity contribution in [1.82, 2.24) is 0 Å². The van der Waals surface area contributed by atoms with Crippen LogP contribution in [0.5, 0.6) is 0 Å². The Bertz CT molecular complexity index is 203. The molecule has 5 heteroatoms. The quantitative estimate of drug-likeness (QED) is 0.603. The van der Waals surface area contributed by atoms with Gasteiger partial charge in [-0.25, -0.2) is 0 Å². The Balaban J connectivity index is 2.60. The minimum absolute atomic E-state index is 0.0438. The van der Waals surface area contributed by atoms with Crippen LogP contribution in [0.4, 0.5) is 0 Å². The third kappa shape index (κ3) is 2.75. The molecule has 1 aliphatic heterocycles. The van der Waals surface area contributed by atoms with Crippen LogP contribution in [0, 0.1) is 0 Å². The van der Waals surface area contributed by atoms with E-state index in [0.717, 1.165) is 0 Å². The lowest BCUT2D eigenvalue weighted by Gasteiger charge is -2.40. The second-order valence-electron chi connectivity index (χ2n) is 3.83. The topological polar surface area (TPSA) is 76.0 Å². The first-order valence-corrected chi connectivity index (χ1v) is 4.58. The third-order valence-corrected chi connectivity index (χ3v) is 2.12. The fourth-order valence-corrected chi connectivity index (χ4v) is 1.39. The van der Waals surface area contributed by atoms with Gasteiger partial charge in [0.15, 0.2) is 5.79 Å². The summed E-state index contributed by atoms with van der Waals surface area (Å²) in [4.78, 5) is 10.2. The van der Waals surface area contributed by atoms with Crippen LogP contribution in [0.25, 0.3) is 0 Å². The molecule has 1 fully saturated rings. The molecule has 0 amide bonds. The van der Waals surface area contributed by atoms with E-state index in [1.807, 2.05) is 0 Å². The van der Waals surface area contributed by atoms with E-state index in [-0.39, 0.29) is 13.0 Å². The predicted molar refractivity (Wildman–Crippen MR) is 47.6 cm³/mol. The van der Waals surface area contributed by atoms with Gasteiger partial charge >= 0.3 is 0 Å². The molecule has 1 saturated heterocycles. The van der Waals surface area contributed by atoms with Crippen molar-refractivity contribution in [1.29, 1.82) is 0 Å². The Morgan fingerprint density at radius 2 is 2.29 bits per heavy atom. The number of aliphatic hydroxyl groups is 2. The standard InChI is InChI=1S/C9H16O5/c1-9(2)13-5-7(12)8(14-9)6(11)3-4-10/h4,6-8,11-12H,3,5H2,1-2H3/t6-,7-,8+/m1/s1. The average Bonchev–Trinajstić information content (AvgIpc) is 2.10. The zero-order chi connectivity index (χ0) is 10.8. The number of rotatable bonds is 3. The van der Waals surface area contributed by atoms with Gasteiger partial charge in [0.2, 0.25) is 0 Å². The molecule has 0 aromatic carbocycles. The molecule has 0 unspecified atom stereocenters. The Morgan fingerprint density at radius 1 is 1.64 bits per heavy atom. The normalized spacial score (nSPS) is 33.7. The van der Waals surface area contributed by atoms with E-state index in [2.05, 4.69) is 0 Å². The Kier molecular flexibility index (Phi) is 3.60. The number of ether oxygens (including phenoxy) is 2. The fourth-order valence-electron chi connectivity index (χ4n) is 1.39. The van der Waals surface area contributed by atoms with Gasteiger partial charge in [0.1, 0.15) is 18.5 Å². The minimum atomic E-state index is -0.981. The second-order valence-corrected chi connectivity index (χ2v) is 3.83. The highest BCUT2D eigenvalue weighted by molar-refractivity contribution is 5.50. The van der Waals surface area contributed by atoms with Crippen LogP contribution in [0.3, 0.4) is 0 Å². The molecule has 2 N–H and O–H groups in total. The molecule has 1 heterocycles. The van der Waals surface area contributed by atoms with Crippen LogP contribution in [0.2, 0.25) is 0 Å². The van der Waals surface area contributed by atoms with Gasteiger partial charge in [-0.2, -0.15) is 0 Å². The fraction of sp³-hybridized carbons (Fsp3) is 0.889. The van der Waals surface area contributed by atoms with Crippen molar-refractivity contribution in [3.05, 3.63) is 0 Å². The summed E-state index contributed by atoms with van der Waals surface area (Å²) in [6.07, 6.45) is -2.08. The maximum atomic E-state index is 10.2. The van der Waals surface area contributed by atoms with Crippen molar-refractivity contribution in [2.24, 2.45) is 0 Å². The van der Waals surface area contributed by atoms with Crippen molar-refractivity contribution < 1.29 is 24.5 Å². The van der Waals surface area contributed by atoms with Gasteiger partial charge in [0.05, 0.1) is 12.7 Å². The number of aldehydes is 1. The highest BCUT2D eigenvalue weighted by Gasteiger charge is 2.39. The average molecular weight is 204 g/mol. The van der Waals surface area contributed by atoms with Crippen LogP contribution in [0.1, 0.15) is 20.3 Å². The van der Waals surface area contributed by atoms with E-state index < -0.39 is 24.1 Å². The highest BCUT2D eigenvalue weighted by Crippen LogP contribution is 2.24. The smallest absolute Gasteiger partial charge is 0.163 e. The molecule has 0 aliphatic carbocycles. The van der Waals surface area contributed by atoms with Crippen molar-refractivity contribution in [2.75, 3.05) is 6.61 Å². The van der Waals surface area contributed by atoms with Gasteiger partial charge in [-0.05, 0) is 13.8 Å². The molecule has 0 aromatic heterocycles. The summed E-state index contributed by atoms with van der Waals surface area (Å²) in [6.45, 7) is 3.49. The molecular formula is C9H16O5. The number of carbonyl (C=O) groups is 1. The molecule has 0 radical (unpaired) electrons. The van der Waals surface area contributed by atoms with Crippen molar-refractivity contribution in [2.45, 2.75) is 44.4 Å². The summed E-state index contributed by atoms with van der Waals surface area (Å²) in [6, 6.07) is 0. The van der Waals surface area contributed by atoms with Crippen LogP contribution < -0.4 is 0 Å². The van der Waals surface area contributed by atoms with Crippen LogP contribution in [0.15, 0.2) is 0 Å². The minimum Gasteiger partial charge on any atom is -0.390 e.